The van der Waals surface area contributed by atoms with Gasteiger partial charge in [0.05, 0.1) is 10.2 Å². The number of rotatable bonds is 3. The summed E-state index contributed by atoms with van der Waals surface area (Å²) < 4.78 is 5.02. The minimum atomic E-state index is -0.514. The summed E-state index contributed by atoms with van der Waals surface area (Å²) in [6.45, 7) is 1.86. The van der Waals surface area contributed by atoms with Crippen LogP contribution in [-0.4, -0.2) is 29.6 Å². The number of imidazole rings is 1. The normalized spacial score (nSPS) is 11.4. The molecule has 0 bridgehead atoms. The van der Waals surface area contributed by atoms with E-state index in [1.54, 1.807) is 0 Å². The summed E-state index contributed by atoms with van der Waals surface area (Å²) in [5.74, 6) is -0.344. The number of benzene rings is 1. The molecule has 0 aliphatic rings. The number of anilines is 1. The summed E-state index contributed by atoms with van der Waals surface area (Å²) >= 11 is 4.65. The minimum Gasteiger partial charge on any atom is -0.300 e. The molecule has 0 saturated carbocycles. The topological polar surface area (TPSA) is 104 Å². The first-order valence-corrected chi connectivity index (χ1v) is 9.86. The van der Waals surface area contributed by atoms with Gasteiger partial charge >= 0.3 is 5.69 Å². The molecular weight excluding hydrogens is 448 g/mol. The number of aryl methyl sites for hydroxylation is 2. The van der Waals surface area contributed by atoms with Gasteiger partial charge in [0.1, 0.15) is 6.54 Å². The van der Waals surface area contributed by atoms with E-state index in [-0.39, 0.29) is 28.3 Å². The monoisotopic (exact) mass is 462 g/mol. The molecule has 0 radical (unpaired) electrons. The zero-order chi connectivity index (χ0) is 20.2. The first-order chi connectivity index (χ1) is 13.3. The van der Waals surface area contributed by atoms with Crippen molar-refractivity contribution in [3.63, 3.8) is 0 Å². The van der Waals surface area contributed by atoms with Gasteiger partial charge in [-0.1, -0.05) is 17.4 Å². The number of fused-ring (bicyclic) bond motifs is 2. The second-order valence-electron chi connectivity index (χ2n) is 6.38. The molecule has 1 amide bonds. The maximum Gasteiger partial charge on any atom is 0.332 e. The first-order valence-electron chi connectivity index (χ1n) is 8.25. The second kappa shape index (κ2) is 6.67. The Hall–Kier alpha value is -2.79. The molecule has 1 aromatic carbocycles. The van der Waals surface area contributed by atoms with Crippen LogP contribution in [0.25, 0.3) is 21.4 Å². The SMILES string of the molecule is Cc1ccc2nc(NC(=O)Cn3c(Br)nc4c(=O)n(C)c(=O)n(C)c43)sc2c1. The molecule has 0 spiro atoms. The largest absolute Gasteiger partial charge is 0.332 e. The van der Waals surface area contributed by atoms with E-state index in [1.807, 2.05) is 25.1 Å². The molecular formula is C17H15BrN6O3S. The second-order valence-corrected chi connectivity index (χ2v) is 8.12. The molecule has 1 N–H and O–H groups in total. The highest BCUT2D eigenvalue weighted by atomic mass is 79.9. The van der Waals surface area contributed by atoms with Gasteiger partial charge in [-0.2, -0.15) is 0 Å². The van der Waals surface area contributed by atoms with Crippen LogP contribution >= 0.6 is 27.3 Å². The third-order valence-electron chi connectivity index (χ3n) is 4.39. The van der Waals surface area contributed by atoms with Gasteiger partial charge in [-0.15, -0.1) is 0 Å². The number of halogens is 1. The van der Waals surface area contributed by atoms with Crippen LogP contribution in [0.3, 0.4) is 0 Å². The number of hydrogen-bond donors (Lipinski definition) is 1. The molecule has 28 heavy (non-hydrogen) atoms. The Morgan fingerprint density at radius 3 is 2.71 bits per heavy atom. The lowest BCUT2D eigenvalue weighted by molar-refractivity contribution is -0.116. The van der Waals surface area contributed by atoms with Gasteiger partial charge in [-0.05, 0) is 40.5 Å². The van der Waals surface area contributed by atoms with Gasteiger partial charge in [-0.3, -0.25) is 23.3 Å². The molecule has 0 saturated heterocycles. The van der Waals surface area contributed by atoms with Crippen molar-refractivity contribution in [2.45, 2.75) is 13.5 Å². The predicted octanol–water partition coefficient (Wildman–Crippen LogP) is 1.75. The summed E-state index contributed by atoms with van der Waals surface area (Å²) in [7, 11) is 2.92. The third-order valence-corrected chi connectivity index (χ3v) is 5.92. The van der Waals surface area contributed by atoms with Crippen molar-refractivity contribution in [2.24, 2.45) is 14.1 Å². The van der Waals surface area contributed by atoms with Crippen molar-refractivity contribution < 1.29 is 4.79 Å². The van der Waals surface area contributed by atoms with Gasteiger partial charge in [0, 0.05) is 14.1 Å². The molecule has 4 rings (SSSR count). The average Bonchev–Trinajstić information content (AvgIpc) is 3.18. The van der Waals surface area contributed by atoms with Crippen LogP contribution in [0.15, 0.2) is 32.5 Å². The number of nitrogens with one attached hydrogen (secondary N) is 1. The van der Waals surface area contributed by atoms with Gasteiger partial charge in [0.2, 0.25) is 5.91 Å². The summed E-state index contributed by atoms with van der Waals surface area (Å²) in [5.41, 5.74) is 1.30. The quantitative estimate of drug-likeness (QED) is 0.467. The Morgan fingerprint density at radius 2 is 1.96 bits per heavy atom. The van der Waals surface area contributed by atoms with E-state index in [9.17, 15) is 14.4 Å². The molecule has 0 unspecified atom stereocenters. The lowest BCUT2D eigenvalue weighted by Gasteiger charge is -2.09. The Morgan fingerprint density at radius 1 is 1.21 bits per heavy atom. The summed E-state index contributed by atoms with van der Waals surface area (Å²) in [6, 6.07) is 5.87. The van der Waals surface area contributed by atoms with Crippen molar-refractivity contribution >= 4 is 59.7 Å². The molecule has 0 aliphatic heterocycles. The number of carbonyl (C=O) groups is 1. The van der Waals surface area contributed by atoms with Crippen LogP contribution in [0.1, 0.15) is 5.56 Å². The first kappa shape index (κ1) is 18.6. The number of aromatic nitrogens is 5. The van der Waals surface area contributed by atoms with Crippen molar-refractivity contribution in [3.05, 3.63) is 49.3 Å². The van der Waals surface area contributed by atoms with Crippen molar-refractivity contribution in [1.82, 2.24) is 23.7 Å². The number of hydrogen-bond acceptors (Lipinski definition) is 6. The van der Waals surface area contributed by atoms with Crippen LogP contribution in [0.2, 0.25) is 0 Å². The Bertz CT molecular complexity index is 1380. The van der Waals surface area contributed by atoms with Crippen molar-refractivity contribution in [2.75, 3.05) is 5.32 Å². The molecule has 144 valence electrons. The fourth-order valence-corrected chi connectivity index (χ4v) is 4.44. The van der Waals surface area contributed by atoms with E-state index in [1.165, 1.54) is 34.6 Å². The van der Waals surface area contributed by atoms with E-state index >= 15 is 0 Å². The Kier molecular flexibility index (Phi) is 4.42. The fraction of sp³-hybridized carbons (Fsp3) is 0.235. The van der Waals surface area contributed by atoms with Crippen LogP contribution in [0, 0.1) is 6.92 Å². The number of amides is 1. The molecule has 0 aliphatic carbocycles. The highest BCUT2D eigenvalue weighted by Crippen LogP contribution is 2.26. The Balaban J connectivity index is 1.69. The molecule has 3 heterocycles. The minimum absolute atomic E-state index is 0.111. The molecule has 4 aromatic rings. The van der Waals surface area contributed by atoms with Crippen LogP contribution in [0.4, 0.5) is 5.13 Å². The van der Waals surface area contributed by atoms with Crippen LogP contribution < -0.4 is 16.6 Å². The van der Waals surface area contributed by atoms with E-state index in [0.717, 1.165) is 20.3 Å². The summed E-state index contributed by atoms with van der Waals surface area (Å²) in [6.07, 6.45) is 0. The number of thiazole rings is 1. The van der Waals surface area contributed by atoms with Gasteiger partial charge in [0.15, 0.2) is 21.0 Å². The fourth-order valence-electron chi connectivity index (χ4n) is 2.99. The lowest BCUT2D eigenvalue weighted by Crippen LogP contribution is -2.37. The van der Waals surface area contributed by atoms with Crippen molar-refractivity contribution in [1.29, 1.82) is 0 Å². The maximum absolute atomic E-state index is 12.6. The number of carbonyl (C=O) groups excluding carboxylic acids is 1. The molecule has 0 atom stereocenters. The zero-order valence-electron chi connectivity index (χ0n) is 15.2. The summed E-state index contributed by atoms with van der Waals surface area (Å²) in [5, 5.41) is 3.25. The standard InChI is InChI=1S/C17H15BrN6O3S/c1-8-4-5-9-10(6-8)28-16(19-9)20-11(25)7-24-13-12(21-15(24)18)14(26)23(3)17(27)22(13)2/h4-6H,7H2,1-3H3,(H,19,20,25). The van der Waals surface area contributed by atoms with Crippen LogP contribution in [0.5, 0.6) is 0 Å². The van der Waals surface area contributed by atoms with E-state index in [2.05, 4.69) is 31.2 Å². The molecule has 3 aromatic heterocycles. The van der Waals surface area contributed by atoms with Gasteiger partial charge < -0.3 is 5.32 Å². The van der Waals surface area contributed by atoms with Crippen molar-refractivity contribution in [3.8, 4) is 0 Å². The highest BCUT2D eigenvalue weighted by molar-refractivity contribution is 9.10. The van der Waals surface area contributed by atoms with Gasteiger partial charge in [-0.25, -0.2) is 14.8 Å². The van der Waals surface area contributed by atoms with E-state index in [4.69, 9.17) is 0 Å². The van der Waals surface area contributed by atoms with Gasteiger partial charge in [0.25, 0.3) is 5.56 Å². The Labute approximate surface area is 170 Å². The van der Waals surface area contributed by atoms with Crippen LogP contribution in [-0.2, 0) is 25.4 Å². The van der Waals surface area contributed by atoms with E-state index in [0.29, 0.717) is 5.13 Å². The van der Waals surface area contributed by atoms with E-state index < -0.39 is 11.2 Å². The average molecular weight is 463 g/mol. The smallest absolute Gasteiger partial charge is 0.300 e. The third kappa shape index (κ3) is 2.96. The predicted molar refractivity (Wildman–Crippen MR) is 111 cm³/mol. The lowest BCUT2D eigenvalue weighted by atomic mass is 10.2. The molecule has 11 heteroatoms. The summed E-state index contributed by atoms with van der Waals surface area (Å²) in [4.78, 5) is 45.7. The zero-order valence-corrected chi connectivity index (χ0v) is 17.6. The highest BCUT2D eigenvalue weighted by Gasteiger charge is 2.20. The molecule has 9 nitrogen and oxygen atoms in total. The number of nitrogens with zero attached hydrogens (tertiary/aromatic N) is 5. The molecule has 0 fully saturated rings. The maximum atomic E-state index is 12.6.